The molecule has 0 saturated carbocycles. The number of pyridine rings is 1. The molecule has 0 bridgehead atoms. The number of likely N-dealkylation sites (tertiary alicyclic amines) is 1. The Morgan fingerprint density at radius 2 is 1.80 bits per heavy atom. The van der Waals surface area contributed by atoms with E-state index in [1.54, 1.807) is 6.07 Å². The predicted octanol–water partition coefficient (Wildman–Crippen LogP) is 5.64. The number of aliphatic hydroxyl groups is 1. The zero-order chi connectivity index (χ0) is 31.2. The lowest BCUT2D eigenvalue weighted by molar-refractivity contribution is 0.0214. The molecular formula is C33H42F2N8O. The van der Waals surface area contributed by atoms with Crippen LogP contribution in [-0.2, 0) is 13.0 Å². The van der Waals surface area contributed by atoms with Crippen LogP contribution < -0.4 is 5.32 Å². The van der Waals surface area contributed by atoms with Crippen molar-refractivity contribution < 1.29 is 13.9 Å². The average Bonchev–Trinajstić information content (AvgIpc) is 3.31. The van der Waals surface area contributed by atoms with Crippen molar-refractivity contribution in [2.75, 3.05) is 38.0 Å². The maximum atomic E-state index is 15.1. The number of anilines is 2. The second-order valence-electron chi connectivity index (χ2n) is 13.3. The Hall–Kier alpha value is -3.54. The van der Waals surface area contributed by atoms with E-state index in [1.807, 2.05) is 45.3 Å². The molecule has 1 fully saturated rings. The van der Waals surface area contributed by atoms with Gasteiger partial charge in [0.15, 0.2) is 11.6 Å². The highest BCUT2D eigenvalue weighted by Gasteiger charge is 2.27. The molecule has 4 aromatic rings. The number of nitrogens with one attached hydrogen (secondary N) is 1. The SMILES string of the molecule is Cc1nc2c(F)cc(-c3nc(Nc4ccc5c(n4)CCN(CC4CCN(CC(C)(C)O)CC4)C5)ncc3F)cc2n1C(C)C. The second kappa shape index (κ2) is 12.1. The number of aromatic nitrogens is 5. The molecule has 0 spiro atoms. The summed E-state index contributed by atoms with van der Waals surface area (Å²) in [5.41, 5.74) is 2.79. The van der Waals surface area contributed by atoms with Crippen LogP contribution in [0.4, 0.5) is 20.5 Å². The predicted molar refractivity (Wildman–Crippen MR) is 168 cm³/mol. The topological polar surface area (TPSA) is 95.2 Å². The summed E-state index contributed by atoms with van der Waals surface area (Å²) in [5, 5.41) is 13.3. The van der Waals surface area contributed by atoms with E-state index < -0.39 is 17.2 Å². The van der Waals surface area contributed by atoms with Crippen molar-refractivity contribution in [3.63, 3.8) is 0 Å². The van der Waals surface area contributed by atoms with Gasteiger partial charge < -0.3 is 19.9 Å². The van der Waals surface area contributed by atoms with E-state index in [0.29, 0.717) is 28.6 Å². The highest BCUT2D eigenvalue weighted by atomic mass is 19.1. The number of imidazole rings is 1. The summed E-state index contributed by atoms with van der Waals surface area (Å²) >= 11 is 0. The molecule has 44 heavy (non-hydrogen) atoms. The van der Waals surface area contributed by atoms with Gasteiger partial charge in [0.1, 0.15) is 22.9 Å². The van der Waals surface area contributed by atoms with Gasteiger partial charge in [-0.25, -0.2) is 28.7 Å². The number of halogens is 2. The summed E-state index contributed by atoms with van der Waals surface area (Å²) < 4.78 is 32.0. The van der Waals surface area contributed by atoms with Crippen molar-refractivity contribution >= 4 is 22.8 Å². The van der Waals surface area contributed by atoms with Crippen LogP contribution in [0.3, 0.4) is 0 Å². The molecule has 2 N–H and O–H groups in total. The zero-order valence-corrected chi connectivity index (χ0v) is 26.2. The Kier molecular flexibility index (Phi) is 8.38. The maximum Gasteiger partial charge on any atom is 0.229 e. The highest BCUT2D eigenvalue weighted by Crippen LogP contribution is 2.31. The highest BCUT2D eigenvalue weighted by molar-refractivity contribution is 5.83. The van der Waals surface area contributed by atoms with Crippen molar-refractivity contribution in [2.45, 2.75) is 72.1 Å². The van der Waals surface area contributed by atoms with Crippen LogP contribution in [0.5, 0.6) is 0 Å². The molecule has 1 aromatic carbocycles. The van der Waals surface area contributed by atoms with E-state index in [0.717, 1.165) is 70.4 Å². The van der Waals surface area contributed by atoms with Crippen molar-refractivity contribution in [1.29, 1.82) is 0 Å². The smallest absolute Gasteiger partial charge is 0.229 e. The van der Waals surface area contributed by atoms with Crippen molar-refractivity contribution in [1.82, 2.24) is 34.3 Å². The molecule has 11 heteroatoms. The summed E-state index contributed by atoms with van der Waals surface area (Å²) in [6.45, 7) is 15.3. The summed E-state index contributed by atoms with van der Waals surface area (Å²) in [6, 6.07) is 7.06. The van der Waals surface area contributed by atoms with Crippen LogP contribution in [0, 0.1) is 24.5 Å². The third-order valence-electron chi connectivity index (χ3n) is 8.66. The van der Waals surface area contributed by atoms with Gasteiger partial charge in [-0.1, -0.05) is 6.07 Å². The van der Waals surface area contributed by atoms with Crippen LogP contribution in [0.15, 0.2) is 30.5 Å². The molecule has 1 saturated heterocycles. The van der Waals surface area contributed by atoms with Gasteiger partial charge in [-0.15, -0.1) is 0 Å². The monoisotopic (exact) mass is 604 g/mol. The lowest BCUT2D eigenvalue weighted by Crippen LogP contribution is -2.45. The molecule has 2 aliphatic heterocycles. The van der Waals surface area contributed by atoms with E-state index in [-0.39, 0.29) is 23.2 Å². The molecule has 0 atom stereocenters. The summed E-state index contributed by atoms with van der Waals surface area (Å²) in [5.74, 6) is 0.983. The number of aryl methyl sites for hydroxylation is 1. The fourth-order valence-electron chi connectivity index (χ4n) is 6.74. The number of benzene rings is 1. The van der Waals surface area contributed by atoms with Crippen LogP contribution in [0.25, 0.3) is 22.3 Å². The first kappa shape index (κ1) is 30.5. The summed E-state index contributed by atoms with van der Waals surface area (Å²) in [7, 11) is 0. The number of hydrogen-bond acceptors (Lipinski definition) is 8. The van der Waals surface area contributed by atoms with Crippen LogP contribution in [-0.4, -0.2) is 77.7 Å². The molecule has 2 aliphatic rings. The molecule has 9 nitrogen and oxygen atoms in total. The van der Waals surface area contributed by atoms with Gasteiger partial charge in [-0.05, 0) is 90.2 Å². The van der Waals surface area contributed by atoms with E-state index in [9.17, 15) is 9.50 Å². The molecule has 5 heterocycles. The first-order valence-electron chi connectivity index (χ1n) is 15.6. The van der Waals surface area contributed by atoms with Crippen molar-refractivity contribution in [3.05, 3.63) is 59.2 Å². The summed E-state index contributed by atoms with van der Waals surface area (Å²) in [6.07, 6.45) is 4.26. The van der Waals surface area contributed by atoms with E-state index >= 15 is 4.39 Å². The molecule has 6 rings (SSSR count). The lowest BCUT2D eigenvalue weighted by Gasteiger charge is -2.38. The third kappa shape index (κ3) is 6.60. The lowest BCUT2D eigenvalue weighted by atomic mass is 9.94. The van der Waals surface area contributed by atoms with Gasteiger partial charge in [0.2, 0.25) is 5.95 Å². The summed E-state index contributed by atoms with van der Waals surface area (Å²) in [4.78, 5) is 22.7. The minimum absolute atomic E-state index is 0.0111. The van der Waals surface area contributed by atoms with Gasteiger partial charge >= 0.3 is 0 Å². The average molecular weight is 605 g/mol. The Labute approximate surface area is 257 Å². The Morgan fingerprint density at radius 3 is 2.52 bits per heavy atom. The third-order valence-corrected chi connectivity index (χ3v) is 8.66. The van der Waals surface area contributed by atoms with Gasteiger partial charge in [0.05, 0.1) is 17.3 Å². The molecule has 0 aliphatic carbocycles. The normalized spacial score (nSPS) is 17.0. The zero-order valence-electron chi connectivity index (χ0n) is 26.2. The Balaban J connectivity index is 1.13. The number of piperidine rings is 1. The van der Waals surface area contributed by atoms with E-state index in [2.05, 4.69) is 36.1 Å². The number of nitrogens with zero attached hydrogens (tertiary/aromatic N) is 7. The van der Waals surface area contributed by atoms with Crippen LogP contribution >= 0.6 is 0 Å². The molecular weight excluding hydrogens is 562 g/mol. The van der Waals surface area contributed by atoms with Gasteiger partial charge in [0.25, 0.3) is 0 Å². The molecule has 0 amide bonds. The van der Waals surface area contributed by atoms with Crippen molar-refractivity contribution in [3.8, 4) is 11.3 Å². The van der Waals surface area contributed by atoms with Gasteiger partial charge in [-0.3, -0.25) is 4.90 Å². The van der Waals surface area contributed by atoms with E-state index in [4.69, 9.17) is 4.98 Å². The fourth-order valence-corrected chi connectivity index (χ4v) is 6.74. The second-order valence-corrected chi connectivity index (χ2v) is 13.3. The molecule has 0 radical (unpaired) electrons. The minimum atomic E-state index is -0.651. The molecule has 3 aromatic heterocycles. The maximum absolute atomic E-state index is 15.1. The Bertz CT molecular complexity index is 1660. The largest absolute Gasteiger partial charge is 0.389 e. The quantitative estimate of drug-likeness (QED) is 0.267. The number of rotatable bonds is 8. The minimum Gasteiger partial charge on any atom is -0.389 e. The van der Waals surface area contributed by atoms with Gasteiger partial charge in [0, 0.05) is 49.9 Å². The van der Waals surface area contributed by atoms with Crippen LogP contribution in [0.2, 0.25) is 0 Å². The van der Waals surface area contributed by atoms with Crippen LogP contribution in [0.1, 0.15) is 63.7 Å². The molecule has 234 valence electrons. The number of hydrogen-bond donors (Lipinski definition) is 2. The first-order chi connectivity index (χ1) is 20.9. The Morgan fingerprint density at radius 1 is 1.02 bits per heavy atom. The fraction of sp³-hybridized carbons (Fsp3) is 0.515. The van der Waals surface area contributed by atoms with Crippen molar-refractivity contribution in [2.24, 2.45) is 5.92 Å². The standard InChI is InChI=1S/C33H42F2N8O/c1-20(2)43-21(3)37-31-25(34)14-24(15-28(31)43)30-26(35)16-36-32(40-30)39-29-7-6-23-18-42(13-10-27(23)38-29)17-22-8-11-41(12-9-22)19-33(4,5)44/h6-7,14-16,20,22,44H,8-13,17-19H2,1-5H3,(H,36,38,39,40). The number of fused-ring (bicyclic) bond motifs is 2. The van der Waals surface area contributed by atoms with Gasteiger partial charge in [-0.2, -0.15) is 0 Å². The molecule has 0 unspecified atom stereocenters. The first-order valence-corrected chi connectivity index (χ1v) is 15.6. The number of β-amino-alcohol motifs (C(OH)–C–C–N with tert-alkyl or cyclic N) is 1. The van der Waals surface area contributed by atoms with E-state index in [1.165, 1.54) is 11.6 Å².